The number of rotatable bonds is 12. The van der Waals surface area contributed by atoms with Crippen molar-refractivity contribution in [1.29, 1.82) is 0 Å². The molecule has 6 unspecified atom stereocenters. The van der Waals surface area contributed by atoms with Crippen LogP contribution in [0.2, 0.25) is 0 Å². The van der Waals surface area contributed by atoms with E-state index in [9.17, 15) is 50.1 Å². The maximum absolute atomic E-state index is 14.1. The van der Waals surface area contributed by atoms with Gasteiger partial charge in [0, 0.05) is 81.5 Å². The monoisotopic (exact) mass is 854 g/mol. The van der Waals surface area contributed by atoms with E-state index in [0.717, 1.165) is 6.07 Å². The normalized spacial score (nSPS) is 23.4. The predicted molar refractivity (Wildman–Crippen MR) is 210 cm³/mol. The molecule has 6 atom stereocenters. The Balaban J connectivity index is 0.000000317. The van der Waals surface area contributed by atoms with Crippen LogP contribution in [0, 0.1) is 11.6 Å². The van der Waals surface area contributed by atoms with E-state index in [0.29, 0.717) is 24.4 Å². The Morgan fingerprint density at radius 1 is 0.678 bits per heavy atom. The van der Waals surface area contributed by atoms with Crippen LogP contribution in [0.25, 0.3) is 0 Å². The molecule has 0 aliphatic carbocycles. The molecule has 0 saturated carbocycles. The summed E-state index contributed by atoms with van der Waals surface area (Å²) in [5, 5.41) is 24.9. The summed E-state index contributed by atoms with van der Waals surface area (Å²) in [6.07, 6.45) is -11.0. The van der Waals surface area contributed by atoms with Crippen LogP contribution in [0.1, 0.15) is 86.3 Å². The Kier molecular flexibility index (Phi) is 16.0. The number of piperazine rings is 2. The number of halogens is 8. The van der Waals surface area contributed by atoms with Crippen LogP contribution in [0.3, 0.4) is 0 Å². The smallest absolute Gasteiger partial charge is 0.418 e. The molecule has 4 rings (SSSR count). The summed E-state index contributed by atoms with van der Waals surface area (Å²) < 4.78 is 122. The van der Waals surface area contributed by atoms with E-state index in [1.165, 1.54) is 65.3 Å². The van der Waals surface area contributed by atoms with E-state index in [1.54, 1.807) is 42.4 Å². The lowest BCUT2D eigenvalue weighted by Gasteiger charge is -2.47. The minimum absolute atomic E-state index is 0.0255. The highest BCUT2D eigenvalue weighted by molar-refractivity contribution is 5.74. The molecule has 17 heteroatoms. The molecular weight excluding hydrogens is 792 g/mol. The van der Waals surface area contributed by atoms with Gasteiger partial charge in [0.15, 0.2) is 11.2 Å². The van der Waals surface area contributed by atoms with Crippen molar-refractivity contribution in [2.24, 2.45) is 0 Å². The summed E-state index contributed by atoms with van der Waals surface area (Å²) >= 11 is 0. The second-order valence-electron chi connectivity index (χ2n) is 17.9. The molecular formula is C42H62F8N4O5. The molecule has 3 N–H and O–H groups in total. The van der Waals surface area contributed by atoms with Crippen molar-refractivity contribution in [3.8, 4) is 11.5 Å². The first-order valence-electron chi connectivity index (χ1n) is 19.6. The molecule has 2 aliphatic rings. The van der Waals surface area contributed by atoms with Crippen molar-refractivity contribution in [3.05, 3.63) is 59.2 Å². The van der Waals surface area contributed by atoms with E-state index in [1.807, 2.05) is 13.8 Å². The molecule has 2 saturated heterocycles. The number of benzene rings is 2. The lowest BCUT2D eigenvalue weighted by atomic mass is 9.74. The summed E-state index contributed by atoms with van der Waals surface area (Å²) in [7, 11) is 2.74. The minimum atomic E-state index is -4.91. The zero-order valence-corrected chi connectivity index (χ0v) is 35.9. The molecule has 2 fully saturated rings. The second kappa shape index (κ2) is 18.8. The van der Waals surface area contributed by atoms with E-state index in [4.69, 9.17) is 9.47 Å². The number of carbonyl (C=O) groups excluding carboxylic acids is 1. The molecule has 0 spiro atoms. The molecule has 2 aromatic carbocycles. The molecule has 59 heavy (non-hydrogen) atoms. The van der Waals surface area contributed by atoms with Gasteiger partial charge in [-0.2, -0.15) is 26.3 Å². The van der Waals surface area contributed by atoms with Crippen LogP contribution >= 0.6 is 0 Å². The molecule has 0 bridgehead atoms. The van der Waals surface area contributed by atoms with Crippen LogP contribution in [0.5, 0.6) is 11.5 Å². The third-order valence-electron chi connectivity index (χ3n) is 11.3. The Morgan fingerprint density at radius 2 is 1.02 bits per heavy atom. The van der Waals surface area contributed by atoms with Crippen molar-refractivity contribution >= 4 is 5.91 Å². The third-order valence-corrected chi connectivity index (χ3v) is 11.3. The van der Waals surface area contributed by atoms with Gasteiger partial charge in [0.2, 0.25) is 5.91 Å². The Hall–Kier alpha value is -3.25. The zero-order chi connectivity index (χ0) is 45.1. The number of hydrogen-bond acceptors (Lipinski definition) is 8. The van der Waals surface area contributed by atoms with Crippen LogP contribution in [0.4, 0.5) is 35.1 Å². The summed E-state index contributed by atoms with van der Waals surface area (Å²) in [5.74, 6) is -0.745. The highest BCUT2D eigenvalue weighted by Crippen LogP contribution is 2.46. The van der Waals surface area contributed by atoms with Gasteiger partial charge in [-0.25, -0.2) is 8.78 Å². The van der Waals surface area contributed by atoms with E-state index < -0.39 is 72.0 Å². The van der Waals surface area contributed by atoms with Crippen molar-refractivity contribution in [2.45, 2.75) is 134 Å². The van der Waals surface area contributed by atoms with Gasteiger partial charge < -0.3 is 29.9 Å². The summed E-state index contributed by atoms with van der Waals surface area (Å²) in [6, 6.07) is 6.92. The molecule has 336 valence electrons. The molecule has 2 aliphatic heterocycles. The van der Waals surface area contributed by atoms with Gasteiger partial charge in [0.05, 0.1) is 14.2 Å². The lowest BCUT2D eigenvalue weighted by molar-refractivity contribution is -0.273. The molecule has 2 aromatic rings. The Labute approximate surface area is 343 Å². The van der Waals surface area contributed by atoms with Crippen LogP contribution in [-0.4, -0.2) is 132 Å². The standard InChI is InChI=1S/C22H32F4N2O3.C20H30F4N2O2/c1-14-10-27(11-15(2)28(14)16(3)29)13-21(30,22(24,25)26)12-20(4,5)18-9-17(23)7-8-19(18)31-6;1-13-9-26(10-14(2)25-13)12-19(27,20(22,23)24)11-18(3,4)16-8-15(21)6-7-17(16)28-5/h7-9,14-15,30H,10-13H2,1-6H3;6-8,13-14,25,27H,9-12H2,1-5H3. The number of hydrogen-bond donors (Lipinski definition) is 3. The molecule has 0 radical (unpaired) electrons. The second-order valence-corrected chi connectivity index (χ2v) is 17.9. The number of ether oxygens (including phenoxy) is 2. The third kappa shape index (κ3) is 12.4. The lowest BCUT2D eigenvalue weighted by Crippen LogP contribution is -2.63. The largest absolute Gasteiger partial charge is 0.496 e. The van der Waals surface area contributed by atoms with Gasteiger partial charge in [0.1, 0.15) is 23.1 Å². The van der Waals surface area contributed by atoms with Gasteiger partial charge in [-0.1, -0.05) is 27.7 Å². The quantitative estimate of drug-likeness (QED) is 0.193. The summed E-state index contributed by atoms with van der Waals surface area (Å²) in [4.78, 5) is 16.7. The maximum Gasteiger partial charge on any atom is 0.418 e. The Morgan fingerprint density at radius 3 is 1.32 bits per heavy atom. The number of β-amino-alcohol motifs (C(OH)–C–C–N with tert-alkyl or cyclic N) is 2. The highest BCUT2D eigenvalue weighted by Gasteiger charge is 2.58. The number of nitrogens with one attached hydrogen (secondary N) is 1. The van der Waals surface area contributed by atoms with Gasteiger partial charge >= 0.3 is 12.4 Å². The topological polar surface area (TPSA) is 97.7 Å². The molecule has 0 aromatic heterocycles. The number of methoxy groups -OCH3 is 2. The Bertz CT molecular complexity index is 1700. The van der Waals surface area contributed by atoms with Crippen LogP contribution in [0.15, 0.2) is 36.4 Å². The first-order chi connectivity index (χ1) is 26.9. The fourth-order valence-corrected chi connectivity index (χ4v) is 9.05. The number of aliphatic hydroxyl groups is 2. The van der Waals surface area contributed by atoms with Gasteiger partial charge in [-0.15, -0.1) is 0 Å². The fraction of sp³-hybridized carbons (Fsp3) is 0.690. The average Bonchev–Trinajstić information content (AvgIpc) is 3.06. The molecule has 9 nitrogen and oxygen atoms in total. The first-order valence-corrected chi connectivity index (χ1v) is 19.6. The van der Waals surface area contributed by atoms with Crippen LogP contribution in [-0.2, 0) is 15.6 Å². The van der Waals surface area contributed by atoms with Crippen molar-refractivity contribution < 1.29 is 59.6 Å². The molecule has 1 amide bonds. The number of carbonyl (C=O) groups is 1. The number of alkyl halides is 6. The van der Waals surface area contributed by atoms with E-state index >= 15 is 0 Å². The van der Waals surface area contributed by atoms with Crippen molar-refractivity contribution in [3.63, 3.8) is 0 Å². The predicted octanol–water partition coefficient (Wildman–Crippen LogP) is 7.21. The van der Waals surface area contributed by atoms with Crippen molar-refractivity contribution in [2.75, 3.05) is 53.5 Å². The van der Waals surface area contributed by atoms with Gasteiger partial charge in [-0.3, -0.25) is 14.6 Å². The molecule has 2 heterocycles. The van der Waals surface area contributed by atoms with Gasteiger partial charge in [0.25, 0.3) is 0 Å². The van der Waals surface area contributed by atoms with Crippen molar-refractivity contribution in [1.82, 2.24) is 20.0 Å². The van der Waals surface area contributed by atoms with Gasteiger partial charge in [-0.05, 0) is 87.8 Å². The van der Waals surface area contributed by atoms with E-state index in [2.05, 4.69) is 5.32 Å². The maximum atomic E-state index is 14.1. The summed E-state index contributed by atoms with van der Waals surface area (Å²) in [6.45, 7) is 15.0. The summed E-state index contributed by atoms with van der Waals surface area (Å²) in [5.41, 5.74) is -7.85. The number of amides is 1. The van der Waals surface area contributed by atoms with E-state index in [-0.39, 0.29) is 54.5 Å². The minimum Gasteiger partial charge on any atom is -0.496 e. The average molecular weight is 855 g/mol. The van der Waals surface area contributed by atoms with Crippen LogP contribution < -0.4 is 14.8 Å². The highest BCUT2D eigenvalue weighted by atomic mass is 19.4. The SMILES string of the molecule is COc1ccc(F)cc1C(C)(C)CC(O)(CN1CC(C)N(C(C)=O)C(C)C1)C(F)(F)F.COc1ccc(F)cc1C(C)(C)CC(O)(CN1CC(C)NC(C)C1)C(F)(F)F. The fourth-order valence-electron chi connectivity index (χ4n) is 9.05. The first kappa shape index (κ1) is 50.1. The number of nitrogens with zero attached hydrogens (tertiary/aromatic N) is 3. The zero-order valence-electron chi connectivity index (χ0n) is 35.9.